The van der Waals surface area contributed by atoms with Gasteiger partial charge in [-0.25, -0.2) is 0 Å². The first-order valence-corrected chi connectivity index (χ1v) is 2.99. The number of primary amides is 1. The van der Waals surface area contributed by atoms with Gasteiger partial charge in [-0.1, -0.05) is 0 Å². The Hall–Kier alpha value is -0.650. The van der Waals surface area contributed by atoms with Crippen molar-refractivity contribution in [3.63, 3.8) is 0 Å². The number of rotatable bonds is 1. The molecule has 0 aliphatic carbocycles. The average Bonchev–Trinajstić information content (AvgIpc) is 2.63. The van der Waals surface area contributed by atoms with E-state index in [1.54, 1.807) is 0 Å². The van der Waals surface area contributed by atoms with Gasteiger partial charge in [0.25, 0.3) is 0 Å². The molecule has 0 aromatic heterocycles. The van der Waals surface area contributed by atoms with E-state index in [0.29, 0.717) is 0 Å². The van der Waals surface area contributed by atoms with E-state index in [1.807, 2.05) is 0 Å². The van der Waals surface area contributed by atoms with E-state index in [1.165, 1.54) is 0 Å². The predicted molar refractivity (Wildman–Crippen MR) is 28.7 cm³/mol. The minimum absolute atomic E-state index is 0.205. The molecule has 2 rings (SSSR count). The summed E-state index contributed by atoms with van der Waals surface area (Å²) in [6.45, 7) is 0.205. The minimum atomic E-state index is -0.635. The zero-order valence-corrected chi connectivity index (χ0v) is 5.15. The van der Waals surface area contributed by atoms with Crippen molar-refractivity contribution >= 4 is 5.91 Å². The Balaban J connectivity index is 1.94. The first-order chi connectivity index (χ1) is 4.77. The fraction of sp³-hybridized carbons (Fsp3) is 0.800. The van der Waals surface area contributed by atoms with E-state index < -0.39 is 12.0 Å². The molecule has 0 aromatic rings. The van der Waals surface area contributed by atoms with E-state index in [2.05, 4.69) is 0 Å². The van der Waals surface area contributed by atoms with E-state index in [9.17, 15) is 4.79 Å². The first kappa shape index (κ1) is 6.09. The normalized spacial score (nSPS) is 44.2. The van der Waals surface area contributed by atoms with Gasteiger partial charge in [0.2, 0.25) is 18.5 Å². The highest BCUT2D eigenvalue weighted by Gasteiger charge is 2.48. The van der Waals surface area contributed by atoms with Gasteiger partial charge >= 0.3 is 0 Å². The van der Waals surface area contributed by atoms with E-state index in [-0.39, 0.29) is 19.2 Å². The van der Waals surface area contributed by atoms with Crippen LogP contribution in [0.3, 0.4) is 0 Å². The van der Waals surface area contributed by atoms with Gasteiger partial charge in [0.15, 0.2) is 6.10 Å². The SMILES string of the molecule is NC(=O)C1COC2OC2O1. The molecule has 2 fully saturated rings. The highest BCUT2D eigenvalue weighted by Crippen LogP contribution is 2.29. The van der Waals surface area contributed by atoms with Crippen molar-refractivity contribution in [1.29, 1.82) is 0 Å². The maximum absolute atomic E-state index is 10.5. The Bertz CT molecular complexity index is 171. The van der Waals surface area contributed by atoms with Crippen LogP contribution in [0.2, 0.25) is 0 Å². The first-order valence-electron chi connectivity index (χ1n) is 2.99. The maximum Gasteiger partial charge on any atom is 0.249 e. The lowest BCUT2D eigenvalue weighted by Crippen LogP contribution is -2.39. The fourth-order valence-electron chi connectivity index (χ4n) is 0.834. The summed E-state index contributed by atoms with van der Waals surface area (Å²) in [5.74, 6) is -0.506. The second kappa shape index (κ2) is 1.91. The average molecular weight is 145 g/mol. The van der Waals surface area contributed by atoms with Crippen molar-refractivity contribution in [3.8, 4) is 0 Å². The molecule has 2 heterocycles. The van der Waals surface area contributed by atoms with Crippen LogP contribution in [0.25, 0.3) is 0 Å². The Kier molecular flexibility index (Phi) is 1.17. The number of ether oxygens (including phenoxy) is 3. The van der Waals surface area contributed by atoms with Crippen LogP contribution in [-0.4, -0.2) is 31.2 Å². The van der Waals surface area contributed by atoms with Gasteiger partial charge in [-0.2, -0.15) is 0 Å². The van der Waals surface area contributed by atoms with Gasteiger partial charge in [-0.05, 0) is 0 Å². The van der Waals surface area contributed by atoms with Crippen LogP contribution >= 0.6 is 0 Å². The monoisotopic (exact) mass is 145 g/mol. The van der Waals surface area contributed by atoms with Gasteiger partial charge in [-0.15, -0.1) is 0 Å². The van der Waals surface area contributed by atoms with Gasteiger partial charge < -0.3 is 19.9 Å². The number of epoxide rings is 1. The molecule has 3 unspecified atom stereocenters. The Morgan fingerprint density at radius 1 is 1.40 bits per heavy atom. The highest BCUT2D eigenvalue weighted by atomic mass is 16.9. The summed E-state index contributed by atoms with van der Waals surface area (Å²) in [4.78, 5) is 10.5. The summed E-state index contributed by atoms with van der Waals surface area (Å²) in [5, 5.41) is 0. The van der Waals surface area contributed by atoms with Crippen LogP contribution in [0.1, 0.15) is 0 Å². The van der Waals surface area contributed by atoms with Crippen molar-refractivity contribution in [3.05, 3.63) is 0 Å². The predicted octanol–water partition coefficient (Wildman–Crippen LogP) is -1.43. The van der Waals surface area contributed by atoms with E-state index in [0.717, 1.165) is 0 Å². The summed E-state index contributed by atoms with van der Waals surface area (Å²) in [6, 6.07) is 0. The molecular formula is C5H7NO4. The molecule has 0 spiro atoms. The number of nitrogens with two attached hydrogens (primary N) is 1. The van der Waals surface area contributed by atoms with Gasteiger partial charge in [0.1, 0.15) is 0 Å². The Morgan fingerprint density at radius 3 is 2.80 bits per heavy atom. The Labute approximate surface area is 57.0 Å². The van der Waals surface area contributed by atoms with Crippen LogP contribution in [-0.2, 0) is 19.0 Å². The molecule has 1 amide bonds. The molecule has 2 N–H and O–H groups in total. The Morgan fingerprint density at radius 2 is 2.20 bits per heavy atom. The topological polar surface area (TPSA) is 74.1 Å². The zero-order chi connectivity index (χ0) is 7.14. The fourth-order valence-corrected chi connectivity index (χ4v) is 0.834. The van der Waals surface area contributed by atoms with Gasteiger partial charge in [0, 0.05) is 0 Å². The standard InChI is InChI=1S/C5H7NO4/c6-3(7)2-1-8-4-5(9-2)10-4/h2,4-5H,1H2,(H2,6,7). The number of fused-ring (bicyclic) bond motifs is 1. The van der Waals surface area contributed by atoms with Gasteiger partial charge in [-0.3, -0.25) is 4.79 Å². The van der Waals surface area contributed by atoms with Crippen molar-refractivity contribution in [2.75, 3.05) is 6.61 Å². The molecule has 0 saturated carbocycles. The molecule has 2 aliphatic heterocycles. The molecule has 2 aliphatic rings. The maximum atomic E-state index is 10.5. The van der Waals surface area contributed by atoms with Crippen molar-refractivity contribution < 1.29 is 19.0 Å². The van der Waals surface area contributed by atoms with Crippen molar-refractivity contribution in [1.82, 2.24) is 0 Å². The third-order valence-corrected chi connectivity index (χ3v) is 1.44. The van der Waals surface area contributed by atoms with Crippen LogP contribution < -0.4 is 5.73 Å². The van der Waals surface area contributed by atoms with Crippen LogP contribution in [0, 0.1) is 0 Å². The number of amides is 1. The number of carbonyl (C=O) groups excluding carboxylic acids is 1. The number of hydrogen-bond acceptors (Lipinski definition) is 4. The lowest BCUT2D eigenvalue weighted by Gasteiger charge is -2.15. The number of hydrogen-bond donors (Lipinski definition) is 1. The summed E-state index contributed by atoms with van der Waals surface area (Å²) >= 11 is 0. The molecule has 5 nitrogen and oxygen atoms in total. The second-order valence-corrected chi connectivity index (χ2v) is 2.23. The molecule has 0 aromatic carbocycles. The van der Waals surface area contributed by atoms with Crippen LogP contribution in [0.15, 0.2) is 0 Å². The quantitative estimate of drug-likeness (QED) is 0.459. The smallest absolute Gasteiger partial charge is 0.249 e. The molecule has 56 valence electrons. The lowest BCUT2D eigenvalue weighted by molar-refractivity contribution is -0.145. The van der Waals surface area contributed by atoms with E-state index >= 15 is 0 Å². The summed E-state index contributed by atoms with van der Waals surface area (Å²) < 4.78 is 14.8. The highest BCUT2D eigenvalue weighted by molar-refractivity contribution is 5.79. The third kappa shape index (κ3) is 0.880. The molecule has 2 saturated heterocycles. The summed E-state index contributed by atoms with van der Waals surface area (Å²) in [7, 11) is 0. The van der Waals surface area contributed by atoms with Crippen molar-refractivity contribution in [2.45, 2.75) is 18.7 Å². The second-order valence-electron chi connectivity index (χ2n) is 2.23. The van der Waals surface area contributed by atoms with Gasteiger partial charge in [0.05, 0.1) is 6.61 Å². The largest absolute Gasteiger partial charge is 0.367 e. The molecule has 0 bridgehead atoms. The molecule has 0 radical (unpaired) electrons. The summed E-state index contributed by atoms with van der Waals surface area (Å²) in [6.07, 6.45) is -1.24. The zero-order valence-electron chi connectivity index (χ0n) is 5.15. The third-order valence-electron chi connectivity index (χ3n) is 1.44. The van der Waals surface area contributed by atoms with E-state index in [4.69, 9.17) is 19.9 Å². The molecular weight excluding hydrogens is 138 g/mol. The minimum Gasteiger partial charge on any atom is -0.367 e. The lowest BCUT2D eigenvalue weighted by atomic mass is 10.3. The number of carbonyl (C=O) groups is 1. The molecule has 5 heteroatoms. The summed E-state index contributed by atoms with van der Waals surface area (Å²) in [5.41, 5.74) is 4.95. The molecule has 10 heavy (non-hydrogen) atoms. The molecule has 3 atom stereocenters. The van der Waals surface area contributed by atoms with Crippen LogP contribution in [0.5, 0.6) is 0 Å². The van der Waals surface area contributed by atoms with Crippen molar-refractivity contribution in [2.24, 2.45) is 5.73 Å². The van der Waals surface area contributed by atoms with Crippen LogP contribution in [0.4, 0.5) is 0 Å².